The minimum absolute atomic E-state index is 0.357. The molecule has 4 rings (SSSR count). The third kappa shape index (κ3) is 6.40. The van der Waals surface area contributed by atoms with Crippen molar-refractivity contribution in [2.24, 2.45) is 0 Å². The van der Waals surface area contributed by atoms with E-state index in [4.69, 9.17) is 33.2 Å². The average Bonchev–Trinajstić information content (AvgIpc) is 2.90. The van der Waals surface area contributed by atoms with E-state index < -0.39 is 117 Å². The highest BCUT2D eigenvalue weighted by Crippen LogP contribution is 2.32. The van der Waals surface area contributed by atoms with E-state index in [0.29, 0.717) is 0 Å². The maximum absolute atomic E-state index is 10.9. The molecule has 17 heteroatoms. The first-order valence-electron chi connectivity index (χ1n) is 12.6. The molecule has 0 aromatic carbocycles. The zero-order valence-electron chi connectivity index (χ0n) is 21.1. The van der Waals surface area contributed by atoms with E-state index in [1.54, 1.807) is 0 Å². The number of aliphatic hydroxyl groups is 10. The van der Waals surface area contributed by atoms with Crippen molar-refractivity contribution in [2.75, 3.05) is 13.2 Å². The minimum atomic E-state index is -1.78. The van der Waals surface area contributed by atoms with Gasteiger partial charge in [-0.05, 0) is 13.8 Å². The van der Waals surface area contributed by atoms with Gasteiger partial charge < -0.3 is 84.2 Å². The van der Waals surface area contributed by atoms with Gasteiger partial charge in [0.25, 0.3) is 0 Å². The summed E-state index contributed by atoms with van der Waals surface area (Å²) in [7, 11) is 0. The summed E-state index contributed by atoms with van der Waals surface area (Å²) in [6.45, 7) is 2.03. The Morgan fingerprint density at radius 2 is 0.974 bits per heavy atom. The summed E-state index contributed by atoms with van der Waals surface area (Å²) in [5.74, 6) is 0. The van der Waals surface area contributed by atoms with Crippen LogP contribution in [0, 0.1) is 0 Å². The summed E-state index contributed by atoms with van der Waals surface area (Å²) < 4.78 is 37.8. The van der Waals surface area contributed by atoms with Gasteiger partial charge in [-0.25, -0.2) is 0 Å². The van der Waals surface area contributed by atoms with Gasteiger partial charge in [-0.15, -0.1) is 0 Å². The fraction of sp³-hybridized carbons (Fsp3) is 1.00. The van der Waals surface area contributed by atoms with E-state index in [9.17, 15) is 51.1 Å². The predicted molar refractivity (Wildman–Crippen MR) is 119 cm³/mol. The van der Waals surface area contributed by atoms with Crippen molar-refractivity contribution in [3.63, 3.8) is 0 Å². The van der Waals surface area contributed by atoms with Crippen LogP contribution in [0.4, 0.5) is 0 Å². The minimum Gasteiger partial charge on any atom is -0.388 e. The first-order valence-corrected chi connectivity index (χ1v) is 12.6. The van der Waals surface area contributed by atoms with Gasteiger partial charge in [0.05, 0.1) is 25.4 Å². The summed E-state index contributed by atoms with van der Waals surface area (Å²) in [6, 6.07) is 0. The van der Waals surface area contributed by atoms with Gasteiger partial charge in [0.1, 0.15) is 73.2 Å². The number of ether oxygens (including phenoxy) is 7. The van der Waals surface area contributed by atoms with Crippen LogP contribution >= 0.6 is 0 Å². The van der Waals surface area contributed by atoms with E-state index in [0.717, 1.165) is 0 Å². The van der Waals surface area contributed by atoms with Gasteiger partial charge in [-0.2, -0.15) is 0 Å². The molecule has 4 heterocycles. The molecule has 4 aliphatic heterocycles. The Hall–Kier alpha value is -0.680. The van der Waals surface area contributed by atoms with Crippen molar-refractivity contribution in [3.8, 4) is 0 Å². The van der Waals surface area contributed by atoms with Crippen molar-refractivity contribution in [3.05, 3.63) is 0 Å². The highest BCUT2D eigenvalue weighted by atomic mass is 16.8. The number of hydrogen-bond donors (Lipinski definition) is 10. The van der Waals surface area contributed by atoms with Crippen molar-refractivity contribution >= 4 is 0 Å². The average molecular weight is 575 g/mol. The molecule has 4 saturated heterocycles. The molecular weight excluding hydrogens is 536 g/mol. The molecule has 17 nitrogen and oxygen atoms in total. The molecule has 0 radical (unpaired) electrons. The van der Waals surface area contributed by atoms with Crippen LogP contribution < -0.4 is 0 Å². The van der Waals surface area contributed by atoms with Crippen molar-refractivity contribution in [2.45, 2.75) is 124 Å². The van der Waals surface area contributed by atoms with Crippen LogP contribution in [-0.4, -0.2) is 175 Å². The molecule has 0 saturated carbocycles. The van der Waals surface area contributed by atoms with Gasteiger partial charge in [0, 0.05) is 0 Å². The van der Waals surface area contributed by atoms with Crippen LogP contribution in [0.25, 0.3) is 0 Å². The molecule has 0 amide bonds. The highest BCUT2D eigenvalue weighted by molar-refractivity contribution is 4.94. The number of rotatable bonds is 6. The maximum atomic E-state index is 10.9. The second-order valence-corrected chi connectivity index (χ2v) is 10.2. The zero-order valence-corrected chi connectivity index (χ0v) is 21.1. The van der Waals surface area contributed by atoms with Gasteiger partial charge in [-0.3, -0.25) is 0 Å². The molecule has 228 valence electrons. The third-order valence-electron chi connectivity index (χ3n) is 7.34. The van der Waals surface area contributed by atoms with Gasteiger partial charge >= 0.3 is 0 Å². The smallest absolute Gasteiger partial charge is 0.187 e. The van der Waals surface area contributed by atoms with Crippen molar-refractivity contribution in [1.82, 2.24) is 0 Å². The molecule has 18 atom stereocenters. The molecule has 0 aliphatic carbocycles. The molecule has 0 aromatic heterocycles. The van der Waals surface area contributed by atoms with Crippen LogP contribution in [0.15, 0.2) is 0 Å². The van der Waals surface area contributed by atoms with E-state index in [-0.39, 0.29) is 6.61 Å². The monoisotopic (exact) mass is 574 g/mol. The molecule has 4 aliphatic rings. The second-order valence-electron chi connectivity index (χ2n) is 10.2. The van der Waals surface area contributed by atoms with Crippen LogP contribution in [0.2, 0.25) is 0 Å². The fourth-order valence-electron chi connectivity index (χ4n) is 4.85. The Morgan fingerprint density at radius 3 is 1.64 bits per heavy atom. The van der Waals surface area contributed by atoms with Gasteiger partial charge in [-0.1, -0.05) is 0 Å². The normalized spacial score (nSPS) is 55.4. The summed E-state index contributed by atoms with van der Waals surface area (Å²) in [4.78, 5) is 0. The molecule has 0 unspecified atom stereocenters. The maximum Gasteiger partial charge on any atom is 0.187 e. The lowest BCUT2D eigenvalue weighted by atomic mass is 9.98. The number of aliphatic hydroxyl groups excluding tert-OH is 10. The molecule has 0 aromatic rings. The fourth-order valence-corrected chi connectivity index (χ4v) is 4.85. The Balaban J connectivity index is 1.43. The summed E-state index contributed by atoms with van der Waals surface area (Å²) in [5, 5.41) is 103. The largest absolute Gasteiger partial charge is 0.388 e. The van der Waals surface area contributed by atoms with Crippen molar-refractivity contribution < 1.29 is 84.2 Å². The topological polar surface area (TPSA) is 267 Å². The van der Waals surface area contributed by atoms with Crippen LogP contribution in [-0.2, 0) is 33.2 Å². The Labute approximate surface area is 222 Å². The molecule has 4 fully saturated rings. The molecular formula is C22H38O17. The zero-order chi connectivity index (χ0) is 28.8. The van der Waals surface area contributed by atoms with Crippen LogP contribution in [0.3, 0.4) is 0 Å². The summed E-state index contributed by atoms with van der Waals surface area (Å²) in [5.41, 5.74) is 0. The summed E-state index contributed by atoms with van der Waals surface area (Å²) in [6.07, 6.45) is -27.2. The van der Waals surface area contributed by atoms with Crippen LogP contribution in [0.1, 0.15) is 13.8 Å². The number of hydrogen-bond acceptors (Lipinski definition) is 17. The SMILES string of the molecule is C[C@@H]1O[C@@H](O[C@@H]2[C@@H](O)[C@H](O[C@@H]3[C@@H](O)[C@H](C)O[C@@H](O[C@@H]4[C@@H](O)[C@@H](O)CO[C@H]4O)[C@@H]3O)OC[C@H]2O)[C@H](O)[C@H](O)[C@H]1O. The summed E-state index contributed by atoms with van der Waals surface area (Å²) >= 11 is 0. The third-order valence-corrected chi connectivity index (χ3v) is 7.34. The Kier molecular flexibility index (Phi) is 10.2. The Morgan fingerprint density at radius 1 is 0.462 bits per heavy atom. The lowest BCUT2D eigenvalue weighted by Gasteiger charge is -2.47. The van der Waals surface area contributed by atoms with E-state index in [2.05, 4.69) is 0 Å². The van der Waals surface area contributed by atoms with Crippen LogP contribution in [0.5, 0.6) is 0 Å². The Bertz CT molecular complexity index is 792. The predicted octanol–water partition coefficient (Wildman–Crippen LogP) is -6.42. The van der Waals surface area contributed by atoms with E-state index >= 15 is 0 Å². The lowest BCUT2D eigenvalue weighted by Crippen LogP contribution is -2.65. The second kappa shape index (κ2) is 12.7. The molecule has 0 bridgehead atoms. The van der Waals surface area contributed by atoms with Crippen molar-refractivity contribution in [1.29, 1.82) is 0 Å². The quantitative estimate of drug-likeness (QED) is 0.141. The molecule has 10 N–H and O–H groups in total. The standard InChI is InChI=1S/C22H38O17/c1-5-9(25)12(28)13(29)21(35-5)37-16-8(24)4-34-20(14(16)30)38-17-10(26)6(2)36-22(15(17)31)39-18-11(27)7(23)3-33-19(18)32/h5-32H,3-4H2,1-2H3/t5-,6-,7-,8+,9-,10-,11-,12+,13+,14+,15+,16-,17+,18+,19+,20-,21-,22-/m0/s1. The lowest BCUT2D eigenvalue weighted by molar-refractivity contribution is -0.378. The van der Waals surface area contributed by atoms with Gasteiger partial charge in [0.15, 0.2) is 25.2 Å². The van der Waals surface area contributed by atoms with E-state index in [1.165, 1.54) is 13.8 Å². The molecule has 0 spiro atoms. The van der Waals surface area contributed by atoms with E-state index in [1.807, 2.05) is 0 Å². The first kappa shape index (κ1) is 31.3. The first-order chi connectivity index (χ1) is 18.3. The van der Waals surface area contributed by atoms with Gasteiger partial charge in [0.2, 0.25) is 0 Å². The highest BCUT2D eigenvalue weighted by Gasteiger charge is 2.52. The molecule has 39 heavy (non-hydrogen) atoms.